The number of carbonyl (C=O) groups is 2. The Kier molecular flexibility index (Phi) is 6.05. The fraction of sp³-hybridized carbons (Fsp3) is 0.308. The van der Waals surface area contributed by atoms with Crippen LogP contribution in [0.1, 0.15) is 22.8 Å². The highest BCUT2D eigenvalue weighted by Crippen LogP contribution is 2.48. The quantitative estimate of drug-likeness (QED) is 0.541. The minimum Gasteiger partial charge on any atom is -0.494 e. The molecule has 3 heterocycles. The van der Waals surface area contributed by atoms with E-state index in [1.807, 2.05) is 17.9 Å². The summed E-state index contributed by atoms with van der Waals surface area (Å²) in [6, 6.07) is 10.0. The van der Waals surface area contributed by atoms with Crippen molar-refractivity contribution in [3.05, 3.63) is 65.7 Å². The van der Waals surface area contributed by atoms with Gasteiger partial charge in [0.15, 0.2) is 0 Å². The predicted octanol–water partition coefficient (Wildman–Crippen LogP) is 2.66. The number of halogens is 1. The van der Waals surface area contributed by atoms with Crippen LogP contribution in [0.3, 0.4) is 0 Å². The molecule has 10 heteroatoms. The van der Waals surface area contributed by atoms with E-state index in [9.17, 15) is 14.0 Å². The van der Waals surface area contributed by atoms with Crippen LogP contribution >= 0.6 is 0 Å². The zero-order chi connectivity index (χ0) is 25.4. The van der Waals surface area contributed by atoms with E-state index in [0.717, 1.165) is 11.3 Å². The number of anilines is 2. The second-order valence-corrected chi connectivity index (χ2v) is 9.07. The normalized spacial score (nSPS) is 15.4. The number of aromatic nitrogens is 2. The molecule has 0 radical (unpaired) electrons. The molecule has 1 spiro atoms. The predicted molar refractivity (Wildman–Crippen MR) is 131 cm³/mol. The molecule has 186 valence electrons. The molecule has 3 aromatic rings. The van der Waals surface area contributed by atoms with E-state index in [1.54, 1.807) is 36.7 Å². The highest BCUT2D eigenvalue weighted by molar-refractivity contribution is 5.97. The fourth-order valence-corrected chi connectivity index (χ4v) is 4.69. The Hall–Kier alpha value is -4.05. The van der Waals surface area contributed by atoms with Gasteiger partial charge in [-0.1, -0.05) is 6.07 Å². The van der Waals surface area contributed by atoms with Gasteiger partial charge in [0.2, 0.25) is 11.9 Å². The van der Waals surface area contributed by atoms with Crippen LogP contribution in [0.4, 0.5) is 16.0 Å². The molecule has 0 aliphatic carbocycles. The number of hydrogen-bond acceptors (Lipinski definition) is 7. The maximum Gasteiger partial charge on any atom is 0.254 e. The van der Waals surface area contributed by atoms with E-state index in [2.05, 4.69) is 9.97 Å². The van der Waals surface area contributed by atoms with E-state index in [-0.39, 0.29) is 17.9 Å². The van der Waals surface area contributed by atoms with Crippen molar-refractivity contribution in [1.82, 2.24) is 14.9 Å². The maximum absolute atomic E-state index is 14.5. The first-order valence-electron chi connectivity index (χ1n) is 11.6. The van der Waals surface area contributed by atoms with Crippen molar-refractivity contribution in [3.63, 3.8) is 0 Å². The lowest BCUT2D eigenvalue weighted by atomic mass is 9.80. The topological polar surface area (TPSA) is 111 Å². The number of fused-ring (bicyclic) bond motifs is 2. The van der Waals surface area contributed by atoms with Gasteiger partial charge in [-0.25, -0.2) is 14.4 Å². The van der Waals surface area contributed by atoms with Crippen LogP contribution in [0, 0.1) is 5.82 Å². The summed E-state index contributed by atoms with van der Waals surface area (Å²) in [7, 11) is 1.53. The van der Waals surface area contributed by atoms with Gasteiger partial charge in [-0.05, 0) is 42.8 Å². The second-order valence-electron chi connectivity index (χ2n) is 9.07. The first kappa shape index (κ1) is 23.7. The van der Waals surface area contributed by atoms with Crippen molar-refractivity contribution in [1.29, 1.82) is 0 Å². The highest BCUT2D eigenvalue weighted by atomic mass is 19.1. The molecule has 2 aliphatic rings. The van der Waals surface area contributed by atoms with E-state index >= 15 is 0 Å². The van der Waals surface area contributed by atoms with Crippen molar-refractivity contribution in [3.8, 4) is 16.9 Å². The van der Waals surface area contributed by atoms with Crippen molar-refractivity contribution in [2.75, 3.05) is 44.9 Å². The number of likely N-dealkylation sites (N-methyl/N-ethyl adjacent to an activating group) is 1. The first-order valence-corrected chi connectivity index (χ1v) is 11.6. The molecule has 0 saturated carbocycles. The average Bonchev–Trinajstić information content (AvgIpc) is 3.20. The molecule has 0 atom stereocenters. The lowest BCUT2D eigenvalue weighted by Crippen LogP contribution is -2.49. The smallest absolute Gasteiger partial charge is 0.254 e. The molecule has 9 nitrogen and oxygen atoms in total. The van der Waals surface area contributed by atoms with Crippen molar-refractivity contribution < 1.29 is 23.5 Å². The van der Waals surface area contributed by atoms with Crippen LogP contribution in [-0.2, 0) is 14.9 Å². The van der Waals surface area contributed by atoms with Gasteiger partial charge in [-0.3, -0.25) is 9.59 Å². The Morgan fingerprint density at radius 3 is 2.58 bits per heavy atom. The molecule has 0 bridgehead atoms. The van der Waals surface area contributed by atoms with Crippen LogP contribution in [0.2, 0.25) is 0 Å². The van der Waals surface area contributed by atoms with E-state index < -0.39 is 11.7 Å². The van der Waals surface area contributed by atoms with Gasteiger partial charge in [0.1, 0.15) is 11.6 Å². The second kappa shape index (κ2) is 9.19. The standard InChI is InChI=1S/C26H26FN5O4/c1-3-36-18-5-7-21(27)19(9-18)17-10-29-25(30-11-17)32-13-26(14-35-15-26)20-6-4-16(8-22(20)32)24(34)31(2)12-23(28)33/h4-11H,3,12-15H2,1-2H3,(H2,28,33). The van der Waals surface area contributed by atoms with Crippen LogP contribution < -0.4 is 15.4 Å². The number of hydrogen-bond donors (Lipinski definition) is 1. The van der Waals surface area contributed by atoms with Crippen LogP contribution in [0.5, 0.6) is 5.75 Å². The summed E-state index contributed by atoms with van der Waals surface area (Å²) < 4.78 is 25.5. The number of nitrogens with two attached hydrogens (primary N) is 1. The molecular formula is C26H26FN5O4. The van der Waals surface area contributed by atoms with Gasteiger partial charge in [0.25, 0.3) is 5.91 Å². The summed E-state index contributed by atoms with van der Waals surface area (Å²) in [6.07, 6.45) is 3.15. The van der Waals surface area contributed by atoms with Crippen molar-refractivity contribution in [2.45, 2.75) is 12.3 Å². The van der Waals surface area contributed by atoms with Crippen LogP contribution in [0.25, 0.3) is 11.1 Å². The Balaban J connectivity index is 1.47. The number of ether oxygens (including phenoxy) is 2. The maximum atomic E-state index is 14.5. The summed E-state index contributed by atoms with van der Waals surface area (Å²) in [5, 5.41) is 0. The van der Waals surface area contributed by atoms with Gasteiger partial charge in [0, 0.05) is 48.4 Å². The van der Waals surface area contributed by atoms with Gasteiger partial charge in [-0.15, -0.1) is 0 Å². The molecule has 1 fully saturated rings. The van der Waals surface area contributed by atoms with E-state index in [1.165, 1.54) is 18.0 Å². The molecule has 2 aromatic carbocycles. The zero-order valence-corrected chi connectivity index (χ0v) is 20.0. The number of carbonyl (C=O) groups excluding carboxylic acids is 2. The molecular weight excluding hydrogens is 465 g/mol. The van der Waals surface area contributed by atoms with Gasteiger partial charge < -0.3 is 25.0 Å². The third-order valence-corrected chi connectivity index (χ3v) is 6.50. The number of primary amides is 1. The van der Waals surface area contributed by atoms with Crippen LogP contribution in [0.15, 0.2) is 48.8 Å². The van der Waals surface area contributed by atoms with Crippen molar-refractivity contribution >= 4 is 23.5 Å². The summed E-state index contributed by atoms with van der Waals surface area (Å²) in [6.45, 7) is 3.86. The third-order valence-electron chi connectivity index (χ3n) is 6.50. The Morgan fingerprint density at radius 2 is 1.94 bits per heavy atom. The average molecular weight is 492 g/mol. The molecule has 1 saturated heterocycles. The monoisotopic (exact) mass is 491 g/mol. The Morgan fingerprint density at radius 1 is 1.19 bits per heavy atom. The summed E-state index contributed by atoms with van der Waals surface area (Å²) >= 11 is 0. The minimum absolute atomic E-state index is 0.178. The van der Waals surface area contributed by atoms with Gasteiger partial charge in [0.05, 0.1) is 31.8 Å². The molecule has 2 N–H and O–H groups in total. The molecule has 0 unspecified atom stereocenters. The SMILES string of the molecule is CCOc1ccc(F)c(-c2cnc(N3CC4(COC4)c4ccc(C(=O)N(C)CC(N)=O)cc43)nc2)c1. The highest BCUT2D eigenvalue weighted by Gasteiger charge is 2.49. The molecule has 1 aromatic heterocycles. The zero-order valence-electron chi connectivity index (χ0n) is 20.0. The van der Waals surface area contributed by atoms with Gasteiger partial charge >= 0.3 is 0 Å². The number of benzene rings is 2. The Labute approximate surface area is 207 Å². The summed E-state index contributed by atoms with van der Waals surface area (Å²) in [5.41, 5.74) is 8.18. The molecule has 2 amide bonds. The number of rotatable bonds is 7. The fourth-order valence-electron chi connectivity index (χ4n) is 4.69. The molecule has 36 heavy (non-hydrogen) atoms. The number of amides is 2. The lowest BCUT2D eigenvalue weighted by molar-refractivity contribution is -0.118. The largest absolute Gasteiger partial charge is 0.494 e. The Bertz CT molecular complexity index is 1330. The minimum atomic E-state index is -0.587. The molecule has 5 rings (SSSR count). The van der Waals surface area contributed by atoms with E-state index in [4.69, 9.17) is 15.2 Å². The molecule has 2 aliphatic heterocycles. The number of nitrogens with zero attached hydrogens (tertiary/aromatic N) is 4. The summed E-state index contributed by atoms with van der Waals surface area (Å²) in [5.74, 6) is -0.300. The summed E-state index contributed by atoms with van der Waals surface area (Å²) in [4.78, 5) is 36.4. The van der Waals surface area contributed by atoms with Crippen molar-refractivity contribution in [2.24, 2.45) is 5.73 Å². The van der Waals surface area contributed by atoms with E-state index in [0.29, 0.717) is 54.8 Å². The van der Waals surface area contributed by atoms with Crippen LogP contribution in [-0.4, -0.2) is 66.6 Å². The first-order chi connectivity index (χ1) is 17.3. The lowest BCUT2D eigenvalue weighted by Gasteiger charge is -2.38. The third kappa shape index (κ3) is 4.13. The van der Waals surface area contributed by atoms with Gasteiger partial charge in [-0.2, -0.15) is 0 Å².